The summed E-state index contributed by atoms with van der Waals surface area (Å²) in [4.78, 5) is 71.3. The number of hydrogen-bond donors (Lipinski definition) is 2. The van der Waals surface area contributed by atoms with Gasteiger partial charge in [-0.05, 0) is 95.3 Å². The minimum absolute atomic E-state index is 0.0729. The Labute approximate surface area is 362 Å². The Hall–Kier alpha value is -3.25. The molecule has 0 bridgehead atoms. The number of ketones is 3. The number of nitrogens with one attached hydrogen (secondary N) is 1. The molecule has 60 heavy (non-hydrogen) atoms. The Morgan fingerprint density at radius 1 is 0.900 bits per heavy atom. The highest BCUT2D eigenvalue weighted by atomic mass is 16.7. The van der Waals surface area contributed by atoms with Gasteiger partial charge in [0.05, 0.1) is 6.10 Å². The molecule has 0 aromatic carbocycles. The third kappa shape index (κ3) is 18.8. The molecule has 2 fully saturated rings. The van der Waals surface area contributed by atoms with Crippen LogP contribution in [0.4, 0.5) is 0 Å². The van der Waals surface area contributed by atoms with Gasteiger partial charge in [-0.3, -0.25) is 24.0 Å². The molecular weight excluding hydrogens is 761 g/mol. The smallest absolute Gasteiger partial charge is 0.326 e. The molecule has 2 rings (SSSR count). The number of aliphatic carboxylic acids is 1. The molecular formula is C49H80N2O9. The molecule has 2 N–H and O–H groups in total. The van der Waals surface area contributed by atoms with E-state index in [9.17, 15) is 29.1 Å². The molecule has 2 aliphatic rings. The third-order valence-electron chi connectivity index (χ3n) is 12.6. The van der Waals surface area contributed by atoms with Gasteiger partial charge in [0, 0.05) is 52.0 Å². The topological polar surface area (TPSA) is 149 Å². The molecule has 0 radical (unpaired) electrons. The van der Waals surface area contributed by atoms with Crippen molar-refractivity contribution < 1.29 is 43.4 Å². The molecule has 1 saturated heterocycles. The summed E-state index contributed by atoms with van der Waals surface area (Å²) in [6, 6.07) is -0.982. The zero-order chi connectivity index (χ0) is 44.8. The van der Waals surface area contributed by atoms with E-state index in [2.05, 4.69) is 25.4 Å². The van der Waals surface area contributed by atoms with Crippen LogP contribution in [0.3, 0.4) is 0 Å². The lowest BCUT2D eigenvalue weighted by Gasteiger charge is -2.33. The normalized spacial score (nSPS) is 22.9. The number of carboxylic acid groups (broad SMARTS) is 1. The Morgan fingerprint density at radius 2 is 1.63 bits per heavy atom. The van der Waals surface area contributed by atoms with E-state index in [1.165, 1.54) is 17.7 Å². The quantitative estimate of drug-likeness (QED) is 0.0257. The number of Topliss-reactive ketones (excluding diaryl/α,β-unsaturated/α-hetero) is 3. The van der Waals surface area contributed by atoms with Crippen LogP contribution in [0.5, 0.6) is 0 Å². The van der Waals surface area contributed by atoms with Gasteiger partial charge >= 0.3 is 5.97 Å². The zero-order valence-electron chi connectivity index (χ0n) is 38.7. The van der Waals surface area contributed by atoms with E-state index in [1.54, 1.807) is 7.11 Å². The summed E-state index contributed by atoms with van der Waals surface area (Å²) in [5, 5.41) is 9.56. The van der Waals surface area contributed by atoms with E-state index in [1.807, 2.05) is 79.0 Å². The number of carbonyl (C=O) groups is 5. The number of piperidine rings is 1. The highest BCUT2D eigenvalue weighted by Crippen LogP contribution is 2.32. The number of carbonyl (C=O) groups excluding carboxylic acids is 4. The molecule has 1 heterocycles. The summed E-state index contributed by atoms with van der Waals surface area (Å²) >= 11 is 0. The van der Waals surface area contributed by atoms with Crippen molar-refractivity contribution in [2.24, 2.45) is 35.5 Å². The number of allylic oxidation sites excluding steroid dienone is 6. The number of carboxylic acids is 1. The molecule has 0 spiro atoms. The third-order valence-corrected chi connectivity index (χ3v) is 12.6. The lowest BCUT2D eigenvalue weighted by molar-refractivity contribution is -0.162. The van der Waals surface area contributed by atoms with Crippen LogP contribution < -0.4 is 5.48 Å². The minimum Gasteiger partial charge on any atom is -0.480 e. The molecule has 0 aromatic heterocycles. The van der Waals surface area contributed by atoms with Crippen LogP contribution >= 0.6 is 0 Å². The number of likely N-dealkylation sites (tertiary alicyclic amines) is 1. The van der Waals surface area contributed by atoms with E-state index in [0.717, 1.165) is 36.8 Å². The summed E-state index contributed by atoms with van der Waals surface area (Å²) in [5.41, 5.74) is 4.94. The molecule has 11 nitrogen and oxygen atoms in total. The number of methoxy groups -OCH3 is 2. The number of rotatable bonds is 28. The maximum absolute atomic E-state index is 13.4. The van der Waals surface area contributed by atoms with Crippen molar-refractivity contribution in [1.29, 1.82) is 0 Å². The Kier molecular flexibility index (Phi) is 25.0. The van der Waals surface area contributed by atoms with Crippen LogP contribution in [-0.2, 0) is 38.3 Å². The first-order valence-electron chi connectivity index (χ1n) is 22.8. The fraction of sp³-hybridized carbons (Fsp3) is 0.735. The van der Waals surface area contributed by atoms with Gasteiger partial charge < -0.3 is 19.5 Å². The van der Waals surface area contributed by atoms with Gasteiger partial charge in [-0.1, -0.05) is 108 Å². The first-order chi connectivity index (χ1) is 28.5. The average Bonchev–Trinajstić information content (AvgIpc) is 3.23. The number of nitrogens with zero attached hydrogens (tertiary/aromatic N) is 1. The van der Waals surface area contributed by atoms with E-state index in [0.29, 0.717) is 75.9 Å². The van der Waals surface area contributed by atoms with Crippen molar-refractivity contribution in [3.63, 3.8) is 0 Å². The van der Waals surface area contributed by atoms with Crippen molar-refractivity contribution in [2.75, 3.05) is 27.3 Å². The lowest BCUT2D eigenvalue weighted by atomic mass is 9.80. The largest absolute Gasteiger partial charge is 0.480 e. The minimum atomic E-state index is -1.09. The van der Waals surface area contributed by atoms with Gasteiger partial charge in [-0.2, -0.15) is 0 Å². The summed E-state index contributed by atoms with van der Waals surface area (Å²) in [6.07, 6.45) is 22.4. The molecule has 1 aliphatic carbocycles. The van der Waals surface area contributed by atoms with Crippen molar-refractivity contribution >= 4 is 29.2 Å². The average molecular weight is 841 g/mol. The zero-order valence-corrected chi connectivity index (χ0v) is 38.7. The Balaban J connectivity index is 1.77. The number of ether oxygens (including phenoxy) is 2. The molecule has 1 amide bonds. The van der Waals surface area contributed by atoms with Gasteiger partial charge in [-0.15, -0.1) is 0 Å². The molecule has 1 aliphatic heterocycles. The maximum Gasteiger partial charge on any atom is 0.326 e. The van der Waals surface area contributed by atoms with Crippen LogP contribution in [0.2, 0.25) is 0 Å². The van der Waals surface area contributed by atoms with E-state index in [-0.39, 0.29) is 41.8 Å². The van der Waals surface area contributed by atoms with Crippen molar-refractivity contribution in [3.8, 4) is 0 Å². The monoisotopic (exact) mass is 841 g/mol. The van der Waals surface area contributed by atoms with Crippen LogP contribution in [0.1, 0.15) is 145 Å². The molecule has 340 valence electrons. The first-order valence-corrected chi connectivity index (χ1v) is 22.8. The first kappa shape index (κ1) is 52.9. The molecule has 0 aromatic rings. The molecule has 3 unspecified atom stereocenters. The van der Waals surface area contributed by atoms with Crippen molar-refractivity contribution in [3.05, 3.63) is 47.6 Å². The van der Waals surface area contributed by atoms with Gasteiger partial charge in [0.2, 0.25) is 0 Å². The summed E-state index contributed by atoms with van der Waals surface area (Å²) in [6.45, 7) is 16.7. The highest BCUT2D eigenvalue weighted by molar-refractivity contribution is 6.38. The van der Waals surface area contributed by atoms with Gasteiger partial charge in [0.1, 0.15) is 24.0 Å². The second-order valence-electron chi connectivity index (χ2n) is 18.0. The lowest BCUT2D eigenvalue weighted by Crippen LogP contribution is -2.53. The van der Waals surface area contributed by atoms with Gasteiger partial charge in [-0.25, -0.2) is 10.3 Å². The van der Waals surface area contributed by atoms with Crippen molar-refractivity contribution in [1.82, 2.24) is 10.4 Å². The fourth-order valence-corrected chi connectivity index (χ4v) is 8.58. The van der Waals surface area contributed by atoms with Crippen LogP contribution in [0.15, 0.2) is 47.6 Å². The molecule has 11 heteroatoms. The summed E-state index contributed by atoms with van der Waals surface area (Å²) < 4.78 is 11.3. The molecule has 1 saturated carbocycles. The Bertz CT molecular complexity index is 1480. The fourth-order valence-electron chi connectivity index (χ4n) is 8.58. The summed E-state index contributed by atoms with van der Waals surface area (Å²) in [7, 11) is 3.39. The van der Waals surface area contributed by atoms with E-state index >= 15 is 0 Å². The maximum atomic E-state index is 13.4. The standard InChI is InChI=1S/C49H80N2O9/c1-11-37(6)47(46(54)48(55)51-27-16-15-22-42(51)49(56)57)60-50-26-25-33(2)18-13-12-14-19-34(3)28-39(8)45(53)44(59-10)31-36(5)29-38(7)43(52)24-23-35(4)30-40-20-17-21-41(32-40)58-9/h12-14,18-19,29,34-35,37-42,44,47,50H,11,15-17,20-28,30-32H2,1-10H3,(H,56,57)/b13-12+,19-14+,33-18+,36-29+/t34-,35+,37-,38-,39-,40?,41+,42?,44-,47?/m1/s1. The molecule has 10 atom stereocenters. The number of hydrogen-bond acceptors (Lipinski definition) is 9. The van der Waals surface area contributed by atoms with Crippen LogP contribution in [-0.4, -0.2) is 90.9 Å². The number of amides is 1. The van der Waals surface area contributed by atoms with Gasteiger partial charge in [0.15, 0.2) is 5.78 Å². The van der Waals surface area contributed by atoms with Gasteiger partial charge in [0.25, 0.3) is 11.7 Å². The number of hydroxylamine groups is 1. The van der Waals surface area contributed by atoms with E-state index in [4.69, 9.17) is 14.3 Å². The van der Waals surface area contributed by atoms with Crippen LogP contribution in [0, 0.1) is 35.5 Å². The van der Waals surface area contributed by atoms with Crippen molar-refractivity contribution in [2.45, 2.75) is 170 Å². The SMILES string of the molecule is CC[C@@H](C)C(ONCC/C(C)=C/C=C/C=C/[C@@H](C)C[C@@H](C)C(=O)[C@@H](C/C(C)=C/[C@@H](C)C(=O)CC[C@H](C)CC1CCC[C@H](OC)C1)OC)C(=O)C(=O)N1CCCCC1C(=O)O. The van der Waals surface area contributed by atoms with E-state index < -0.39 is 35.9 Å². The predicted molar refractivity (Wildman–Crippen MR) is 238 cm³/mol. The predicted octanol–water partition coefficient (Wildman–Crippen LogP) is 9.21. The highest BCUT2D eigenvalue weighted by Gasteiger charge is 2.39. The Morgan fingerprint density at radius 3 is 2.30 bits per heavy atom. The summed E-state index contributed by atoms with van der Waals surface area (Å²) in [5.74, 6) is -1.52. The second kappa shape index (κ2) is 28.4. The van der Waals surface area contributed by atoms with Crippen LogP contribution in [0.25, 0.3) is 0 Å². The second-order valence-corrected chi connectivity index (χ2v) is 18.0.